The minimum atomic E-state index is 0. The van der Waals surface area contributed by atoms with E-state index in [1.807, 2.05) is 80.3 Å². The number of aryl methyl sites for hydroxylation is 2. The van der Waals surface area contributed by atoms with Crippen molar-refractivity contribution in [2.24, 2.45) is 19.1 Å². The van der Waals surface area contributed by atoms with Crippen LogP contribution in [0.3, 0.4) is 0 Å². The van der Waals surface area contributed by atoms with E-state index >= 15 is 0 Å². The molecule has 0 fully saturated rings. The van der Waals surface area contributed by atoms with E-state index in [0.717, 1.165) is 16.9 Å². The molecule has 0 aliphatic rings. The van der Waals surface area contributed by atoms with Crippen molar-refractivity contribution >= 4 is 34.8 Å². The summed E-state index contributed by atoms with van der Waals surface area (Å²) in [6, 6.07) is 27.4. The summed E-state index contributed by atoms with van der Waals surface area (Å²) in [6.07, 6.45) is 4.82. The molecule has 4 aromatic rings. The maximum Gasteiger partial charge on any atom is 2.00 e. The summed E-state index contributed by atoms with van der Waals surface area (Å²) in [7, 11) is 9.82. The molecule has 1 N–H and O–H groups in total. The topological polar surface area (TPSA) is 36.2 Å². The van der Waals surface area contributed by atoms with Gasteiger partial charge in [-0.1, -0.05) is 42.9 Å². The summed E-state index contributed by atoms with van der Waals surface area (Å²) in [5.41, 5.74) is 5.86. The van der Waals surface area contributed by atoms with Crippen LogP contribution >= 0.6 is 0 Å². The third-order valence-corrected chi connectivity index (χ3v) is 5.46. The number of nitrogens with one attached hydrogen (secondary N) is 1. The van der Waals surface area contributed by atoms with Gasteiger partial charge in [-0.15, -0.1) is 0 Å². The molecule has 0 saturated heterocycles. The van der Waals surface area contributed by atoms with E-state index in [-0.39, 0.29) is 31.1 Å². The molecule has 6 heteroatoms. The van der Waals surface area contributed by atoms with Crippen molar-refractivity contribution in [1.82, 2.24) is 4.57 Å². The van der Waals surface area contributed by atoms with Crippen LogP contribution in [0.4, 0.5) is 11.4 Å². The second-order valence-corrected chi connectivity index (χ2v) is 7.41. The van der Waals surface area contributed by atoms with Crippen LogP contribution in [0.2, 0.25) is 0 Å². The fraction of sp³-hybridized carbons (Fsp3) is 0.250. The molecule has 5 nitrogen and oxygen atoms in total. The third-order valence-electron chi connectivity index (χ3n) is 5.46. The summed E-state index contributed by atoms with van der Waals surface area (Å²) >= 11 is 0. The van der Waals surface area contributed by atoms with Gasteiger partial charge >= 0.3 is 31.1 Å². The minimum absolute atomic E-state index is 0. The van der Waals surface area contributed by atoms with Crippen LogP contribution in [0.5, 0.6) is 0 Å². The van der Waals surface area contributed by atoms with Gasteiger partial charge in [0.25, 0.3) is 5.82 Å². The van der Waals surface area contributed by atoms with Crippen molar-refractivity contribution < 1.29 is 40.3 Å². The molecule has 0 atom stereocenters. The van der Waals surface area contributed by atoms with Crippen molar-refractivity contribution in [1.29, 1.82) is 0 Å². The van der Waals surface area contributed by atoms with Gasteiger partial charge in [0.05, 0.1) is 14.1 Å². The largest absolute Gasteiger partial charge is 2.00 e. The molecular weight excluding hydrogens is 644 g/mol. The Labute approximate surface area is 228 Å². The molecule has 0 spiro atoms. The number of anilines is 1. The first-order valence-corrected chi connectivity index (χ1v) is 10.9. The first-order valence-electron chi connectivity index (χ1n) is 10.9. The number of aromatic nitrogens is 2. The molecule has 0 saturated carbocycles. The van der Waals surface area contributed by atoms with Crippen molar-refractivity contribution in [2.75, 3.05) is 26.5 Å². The zero-order valence-electron chi connectivity index (χ0n) is 21.3. The molecule has 0 aliphatic carbocycles. The fourth-order valence-corrected chi connectivity index (χ4v) is 3.29. The number of hydrogen-bond donors (Lipinski definition) is 1. The van der Waals surface area contributed by atoms with Gasteiger partial charge in [-0.25, -0.2) is 15.2 Å². The van der Waals surface area contributed by atoms with Gasteiger partial charge in [-0.3, -0.25) is 4.99 Å². The Hall–Kier alpha value is -2.68. The van der Waals surface area contributed by atoms with E-state index in [4.69, 9.17) is 0 Å². The maximum atomic E-state index is 3.95. The minimum Gasteiger partial charge on any atom is -0.388 e. The van der Waals surface area contributed by atoms with E-state index < -0.39 is 0 Å². The second kappa shape index (κ2) is 15.3. The SMILES string of the molecule is CN=Cc1ccccc1NC.C[C-]=[N+](C)c1[c-]cccc1.Cc1n(C)c2ccccc2[n+]1C.[U+2]. The Balaban J connectivity index is 0.000000253. The summed E-state index contributed by atoms with van der Waals surface area (Å²) in [5.74, 6) is 1.27. The Morgan fingerprint density at radius 2 is 1.71 bits per heavy atom. The van der Waals surface area contributed by atoms with Crippen LogP contribution in [0, 0.1) is 44.1 Å². The number of imidazole rings is 1. The van der Waals surface area contributed by atoms with Crippen molar-refractivity contribution in [3.63, 3.8) is 0 Å². The van der Waals surface area contributed by atoms with Gasteiger partial charge in [0.15, 0.2) is 11.0 Å². The van der Waals surface area contributed by atoms with Gasteiger partial charge in [0, 0.05) is 44.7 Å². The van der Waals surface area contributed by atoms with E-state index in [0.29, 0.717) is 0 Å². The molecule has 1 heterocycles. The Morgan fingerprint density at radius 3 is 2.29 bits per heavy atom. The van der Waals surface area contributed by atoms with Crippen LogP contribution in [-0.2, 0) is 14.1 Å². The summed E-state index contributed by atoms with van der Waals surface area (Å²) in [6.45, 7) is 4.00. The zero-order chi connectivity index (χ0) is 24.2. The van der Waals surface area contributed by atoms with E-state index in [1.165, 1.54) is 16.9 Å². The average molecular weight is 680 g/mol. The molecule has 0 aliphatic heterocycles. The van der Waals surface area contributed by atoms with Gasteiger partial charge < -0.3 is 9.89 Å². The smallest absolute Gasteiger partial charge is 0.388 e. The molecule has 174 valence electrons. The standard InChI is InChI=1S/C10H13N2.C9H12N2.C9H10N.U/c1-8-11(2)9-6-4-5-7-10(9)12(8)3;1-10-7-8-5-3-4-6-9(8)11-2;1-3-10(2)9-7-5-4-6-8-9;/h4-7H,1-3H3;3-7,11H,1-2H3;4-7H,1-2H3;/q+1;;-1;+2. The number of rotatable bonds is 3. The van der Waals surface area contributed by atoms with Gasteiger partial charge in [0.2, 0.25) is 0 Å². The monoisotopic (exact) mass is 679 g/mol. The molecule has 0 radical (unpaired) electrons. The zero-order valence-corrected chi connectivity index (χ0v) is 25.5. The molecule has 0 amide bonds. The van der Waals surface area contributed by atoms with Crippen LogP contribution < -0.4 is 9.88 Å². The quantitative estimate of drug-likeness (QED) is 0.188. The molecule has 34 heavy (non-hydrogen) atoms. The van der Waals surface area contributed by atoms with Crippen LogP contribution in [0.15, 0.2) is 77.8 Å². The number of fused-ring (bicyclic) bond motifs is 1. The van der Waals surface area contributed by atoms with Gasteiger partial charge in [0.1, 0.15) is 7.05 Å². The number of aliphatic imine (C=N–C) groups is 1. The van der Waals surface area contributed by atoms with Crippen molar-refractivity contribution in [3.8, 4) is 0 Å². The molecule has 1 aromatic heterocycles. The Kier molecular flexibility index (Phi) is 13.2. The van der Waals surface area contributed by atoms with Crippen LogP contribution in [0.25, 0.3) is 11.0 Å². The number of benzene rings is 3. The number of hydrogen-bond acceptors (Lipinski definition) is 2. The molecule has 3 aromatic carbocycles. The second-order valence-electron chi connectivity index (χ2n) is 7.41. The molecular formula is C28H35N5U+2. The predicted octanol–water partition coefficient (Wildman–Crippen LogP) is 4.82. The van der Waals surface area contributed by atoms with E-state index in [2.05, 4.69) is 77.0 Å². The summed E-state index contributed by atoms with van der Waals surface area (Å²) in [4.78, 5) is 3.95. The average Bonchev–Trinajstić information content (AvgIpc) is 3.09. The Bertz CT molecular complexity index is 1170. The predicted molar refractivity (Wildman–Crippen MR) is 140 cm³/mol. The van der Waals surface area contributed by atoms with Gasteiger partial charge in [-0.05, 0) is 18.2 Å². The number of para-hydroxylation sites is 4. The van der Waals surface area contributed by atoms with E-state index in [1.54, 1.807) is 7.05 Å². The van der Waals surface area contributed by atoms with Crippen LogP contribution in [0.1, 0.15) is 18.3 Å². The number of nitrogens with zero attached hydrogens (tertiary/aromatic N) is 4. The van der Waals surface area contributed by atoms with Crippen molar-refractivity contribution in [2.45, 2.75) is 13.8 Å². The molecule has 0 bridgehead atoms. The molecule has 4 rings (SSSR count). The normalized spacial score (nSPS) is 10.6. The first-order chi connectivity index (χ1) is 15.9. The van der Waals surface area contributed by atoms with Gasteiger partial charge in [-0.2, -0.15) is 24.3 Å². The third kappa shape index (κ3) is 7.97. The summed E-state index contributed by atoms with van der Waals surface area (Å²) in [5, 5.41) is 3.09. The molecule has 0 unspecified atom stereocenters. The van der Waals surface area contributed by atoms with Crippen LogP contribution in [-0.4, -0.2) is 42.7 Å². The fourth-order valence-electron chi connectivity index (χ4n) is 3.29. The summed E-state index contributed by atoms with van der Waals surface area (Å²) < 4.78 is 6.31. The van der Waals surface area contributed by atoms with E-state index in [9.17, 15) is 0 Å². The Morgan fingerprint density at radius 1 is 1.06 bits per heavy atom. The first kappa shape index (κ1) is 29.4. The maximum absolute atomic E-state index is 3.95. The van der Waals surface area contributed by atoms with Crippen molar-refractivity contribution in [3.05, 3.63) is 90.3 Å².